The normalized spacial score (nSPS) is 24.6. The number of ether oxygens (including phenoxy) is 1. The van der Waals surface area contributed by atoms with Crippen molar-refractivity contribution in [3.05, 3.63) is 71.8 Å². The summed E-state index contributed by atoms with van der Waals surface area (Å²) in [4.78, 5) is 12.9. The van der Waals surface area contributed by atoms with Gasteiger partial charge >= 0.3 is 5.97 Å². The van der Waals surface area contributed by atoms with Gasteiger partial charge in [-0.3, -0.25) is 4.79 Å². The van der Waals surface area contributed by atoms with Crippen LogP contribution in [-0.2, 0) is 19.6 Å². The fourth-order valence-corrected chi connectivity index (χ4v) is 6.03. The zero-order valence-corrected chi connectivity index (χ0v) is 17.4. The Bertz CT molecular complexity index is 1030. The maximum absolute atomic E-state index is 13.1. The monoisotopic (exact) mass is 411 g/mol. The first kappa shape index (κ1) is 19.9. The van der Waals surface area contributed by atoms with E-state index in [0.717, 1.165) is 16.7 Å². The molecule has 0 bridgehead atoms. The van der Waals surface area contributed by atoms with Gasteiger partial charge in [-0.2, -0.15) is 4.31 Å². The van der Waals surface area contributed by atoms with Crippen molar-refractivity contribution in [1.82, 2.24) is 4.31 Å². The van der Waals surface area contributed by atoms with Crippen LogP contribution in [0.25, 0.3) is 5.57 Å². The third-order valence-electron chi connectivity index (χ3n) is 6.05. The number of carbonyl (C=O) groups is 1. The van der Waals surface area contributed by atoms with Crippen LogP contribution in [-0.4, -0.2) is 38.9 Å². The first-order chi connectivity index (χ1) is 13.9. The van der Waals surface area contributed by atoms with Crippen LogP contribution < -0.4 is 0 Å². The maximum Gasteiger partial charge on any atom is 0.313 e. The molecule has 1 saturated heterocycles. The Morgan fingerprint density at radius 3 is 2.41 bits per heavy atom. The van der Waals surface area contributed by atoms with E-state index in [1.807, 2.05) is 49.4 Å². The molecule has 1 heterocycles. The number of esters is 1. The van der Waals surface area contributed by atoms with Crippen LogP contribution in [0.1, 0.15) is 17.5 Å². The summed E-state index contributed by atoms with van der Waals surface area (Å²) in [5, 5.41) is 0. The standard InChI is InChI=1S/C23H25NO4S/c1-16-8-10-19(11-9-16)29(26,27)24-13-12-20-18(15-24)14-21(22(20)23(25)28-2)17-6-4-3-5-7-17/h3-11,14,18,20,22H,12-13,15H2,1-2H3/t18-,20+,22-/m1/s1. The van der Waals surface area contributed by atoms with Gasteiger partial charge in [-0.05, 0) is 48.4 Å². The van der Waals surface area contributed by atoms with Gasteiger partial charge in [0.05, 0.1) is 17.9 Å². The Labute approximate surface area is 172 Å². The lowest BCUT2D eigenvalue weighted by molar-refractivity contribution is -0.145. The molecule has 0 N–H and O–H groups in total. The molecule has 2 aromatic rings. The summed E-state index contributed by atoms with van der Waals surface area (Å²) in [7, 11) is -2.14. The van der Waals surface area contributed by atoms with Gasteiger partial charge in [0.2, 0.25) is 10.0 Å². The fraction of sp³-hybridized carbons (Fsp3) is 0.348. The van der Waals surface area contributed by atoms with Gasteiger partial charge in [-0.1, -0.05) is 54.1 Å². The highest BCUT2D eigenvalue weighted by Gasteiger charge is 2.46. The fourth-order valence-electron chi connectivity index (χ4n) is 4.54. The molecule has 0 radical (unpaired) electrons. The summed E-state index contributed by atoms with van der Waals surface area (Å²) in [6.07, 6.45) is 2.71. The molecule has 2 aromatic carbocycles. The predicted octanol–water partition coefficient (Wildman–Crippen LogP) is 3.51. The minimum absolute atomic E-state index is 0.0109. The van der Waals surface area contributed by atoms with E-state index in [9.17, 15) is 13.2 Å². The van der Waals surface area contributed by atoms with E-state index < -0.39 is 10.0 Å². The van der Waals surface area contributed by atoms with Gasteiger partial charge in [0.1, 0.15) is 0 Å². The summed E-state index contributed by atoms with van der Waals surface area (Å²) in [5.74, 6) is -0.551. The summed E-state index contributed by atoms with van der Waals surface area (Å²) in [6.45, 7) is 2.72. The van der Waals surface area contributed by atoms with Gasteiger partial charge in [0, 0.05) is 13.1 Å². The highest BCUT2D eigenvalue weighted by molar-refractivity contribution is 7.89. The van der Waals surface area contributed by atoms with Crippen molar-refractivity contribution in [3.8, 4) is 0 Å². The van der Waals surface area contributed by atoms with Crippen LogP contribution in [0.2, 0.25) is 0 Å². The summed E-state index contributed by atoms with van der Waals surface area (Å²) in [5.41, 5.74) is 2.96. The van der Waals surface area contributed by atoms with Gasteiger partial charge in [0.25, 0.3) is 0 Å². The van der Waals surface area contributed by atoms with Crippen molar-refractivity contribution in [3.63, 3.8) is 0 Å². The summed E-state index contributed by atoms with van der Waals surface area (Å²) in [6, 6.07) is 16.8. The molecular weight excluding hydrogens is 386 g/mol. The third kappa shape index (κ3) is 3.63. The molecule has 4 rings (SSSR count). The molecule has 2 aliphatic rings. The molecule has 0 saturated carbocycles. The Morgan fingerprint density at radius 2 is 1.76 bits per heavy atom. The molecule has 1 aliphatic carbocycles. The number of nitrogens with zero attached hydrogens (tertiary/aromatic N) is 1. The SMILES string of the molecule is COC(=O)[C@H]1C(c2ccccc2)=C[C@@H]2CN(S(=O)(=O)c3ccc(C)cc3)CC[C@H]12. The minimum Gasteiger partial charge on any atom is -0.469 e. The van der Waals surface area contributed by atoms with Crippen LogP contribution in [0, 0.1) is 24.7 Å². The summed E-state index contributed by atoms with van der Waals surface area (Å²) < 4.78 is 32.9. The second kappa shape index (κ2) is 7.76. The first-order valence-corrected chi connectivity index (χ1v) is 11.3. The lowest BCUT2D eigenvalue weighted by Crippen LogP contribution is -2.44. The topological polar surface area (TPSA) is 63.7 Å². The highest BCUT2D eigenvalue weighted by atomic mass is 32.2. The third-order valence-corrected chi connectivity index (χ3v) is 7.93. The molecule has 152 valence electrons. The molecule has 6 heteroatoms. The Hall–Kier alpha value is -2.44. The van der Waals surface area contributed by atoms with Crippen molar-refractivity contribution >= 4 is 21.6 Å². The zero-order valence-electron chi connectivity index (χ0n) is 16.6. The molecule has 29 heavy (non-hydrogen) atoms. The Morgan fingerprint density at radius 1 is 1.07 bits per heavy atom. The Balaban J connectivity index is 1.64. The second-order valence-corrected chi connectivity index (χ2v) is 9.72. The van der Waals surface area contributed by atoms with E-state index in [1.165, 1.54) is 7.11 Å². The number of aryl methyl sites for hydroxylation is 1. The molecule has 1 aliphatic heterocycles. The minimum atomic E-state index is -3.55. The van der Waals surface area contributed by atoms with Crippen LogP contribution in [0.3, 0.4) is 0 Å². The van der Waals surface area contributed by atoms with Crippen LogP contribution >= 0.6 is 0 Å². The number of rotatable bonds is 4. The first-order valence-electron chi connectivity index (χ1n) is 9.83. The van der Waals surface area contributed by atoms with Gasteiger partial charge in [-0.15, -0.1) is 0 Å². The lowest BCUT2D eigenvalue weighted by Gasteiger charge is -2.35. The van der Waals surface area contributed by atoms with E-state index in [1.54, 1.807) is 16.4 Å². The Kier molecular flexibility index (Phi) is 5.32. The highest BCUT2D eigenvalue weighted by Crippen LogP contribution is 2.46. The predicted molar refractivity (Wildman–Crippen MR) is 111 cm³/mol. The smallest absolute Gasteiger partial charge is 0.313 e. The van der Waals surface area contributed by atoms with Crippen LogP contribution in [0.15, 0.2) is 65.6 Å². The van der Waals surface area contributed by atoms with E-state index in [2.05, 4.69) is 6.08 Å². The number of hydrogen-bond acceptors (Lipinski definition) is 4. The van der Waals surface area contributed by atoms with E-state index in [-0.39, 0.29) is 23.7 Å². The molecule has 0 spiro atoms. The number of fused-ring (bicyclic) bond motifs is 1. The molecule has 0 unspecified atom stereocenters. The van der Waals surface area contributed by atoms with E-state index in [0.29, 0.717) is 24.4 Å². The van der Waals surface area contributed by atoms with Crippen molar-refractivity contribution < 1.29 is 17.9 Å². The van der Waals surface area contributed by atoms with Gasteiger partial charge < -0.3 is 4.74 Å². The molecule has 0 amide bonds. The van der Waals surface area contributed by atoms with Gasteiger partial charge in [0.15, 0.2) is 0 Å². The average molecular weight is 412 g/mol. The number of hydrogen-bond donors (Lipinski definition) is 0. The quantitative estimate of drug-likeness (QED) is 0.723. The van der Waals surface area contributed by atoms with Crippen molar-refractivity contribution in [2.45, 2.75) is 18.2 Å². The van der Waals surface area contributed by atoms with Gasteiger partial charge in [-0.25, -0.2) is 8.42 Å². The number of benzene rings is 2. The molecule has 5 nitrogen and oxygen atoms in total. The van der Waals surface area contributed by atoms with Crippen LogP contribution in [0.5, 0.6) is 0 Å². The van der Waals surface area contributed by atoms with Crippen LogP contribution in [0.4, 0.5) is 0 Å². The number of sulfonamides is 1. The average Bonchev–Trinajstić information content (AvgIpc) is 3.13. The van der Waals surface area contributed by atoms with Crippen molar-refractivity contribution in [1.29, 1.82) is 0 Å². The molecule has 3 atom stereocenters. The van der Waals surface area contributed by atoms with Crippen molar-refractivity contribution in [2.75, 3.05) is 20.2 Å². The number of carbonyl (C=O) groups excluding carboxylic acids is 1. The summed E-state index contributed by atoms with van der Waals surface area (Å²) >= 11 is 0. The molecular formula is C23H25NO4S. The van der Waals surface area contributed by atoms with E-state index in [4.69, 9.17) is 4.74 Å². The number of piperidine rings is 1. The maximum atomic E-state index is 13.1. The number of methoxy groups -OCH3 is 1. The largest absolute Gasteiger partial charge is 0.469 e. The zero-order chi connectivity index (χ0) is 20.6. The molecule has 1 fully saturated rings. The second-order valence-electron chi connectivity index (χ2n) is 7.78. The van der Waals surface area contributed by atoms with E-state index >= 15 is 0 Å². The van der Waals surface area contributed by atoms with Crippen molar-refractivity contribution in [2.24, 2.45) is 17.8 Å². The lowest BCUT2D eigenvalue weighted by atomic mass is 9.80. The molecule has 0 aromatic heterocycles.